The van der Waals surface area contributed by atoms with Gasteiger partial charge >= 0.3 is 0 Å². The first-order valence-electron chi connectivity index (χ1n) is 14.1. The normalized spacial score (nSPS) is 13.6. The second-order valence-corrected chi connectivity index (χ2v) is 12.2. The van der Waals surface area contributed by atoms with E-state index in [1.54, 1.807) is 0 Å². The SMILES string of the molecule is CC1(C)c2cccnc2N(c2cccc(Oc3cccc(-c4ccccn4)c3)c2)c2c1ccc1sc3ccccc3c21. The molecular weight excluding hydrogens is 534 g/mol. The van der Waals surface area contributed by atoms with Gasteiger partial charge in [0, 0.05) is 55.2 Å². The van der Waals surface area contributed by atoms with Crippen molar-refractivity contribution in [2.75, 3.05) is 4.90 Å². The third-order valence-electron chi connectivity index (χ3n) is 8.19. The van der Waals surface area contributed by atoms with E-state index < -0.39 is 0 Å². The Morgan fingerprint density at radius 2 is 1.48 bits per heavy atom. The molecule has 0 fully saturated rings. The molecule has 0 saturated heterocycles. The van der Waals surface area contributed by atoms with Gasteiger partial charge in [0.1, 0.15) is 17.3 Å². The summed E-state index contributed by atoms with van der Waals surface area (Å²) in [6.45, 7) is 4.61. The van der Waals surface area contributed by atoms with Crippen molar-refractivity contribution in [3.63, 3.8) is 0 Å². The van der Waals surface area contributed by atoms with Crippen LogP contribution in [0.3, 0.4) is 0 Å². The van der Waals surface area contributed by atoms with Crippen LogP contribution >= 0.6 is 11.3 Å². The van der Waals surface area contributed by atoms with Crippen molar-refractivity contribution < 1.29 is 4.74 Å². The number of thiophene rings is 1. The molecule has 8 rings (SSSR count). The zero-order valence-electron chi connectivity index (χ0n) is 23.3. The van der Waals surface area contributed by atoms with Crippen LogP contribution in [0.4, 0.5) is 17.2 Å². The Hall–Kier alpha value is -5.00. The Kier molecular flexibility index (Phi) is 5.62. The summed E-state index contributed by atoms with van der Waals surface area (Å²) in [6, 6.07) is 39.9. The molecule has 4 aromatic carbocycles. The van der Waals surface area contributed by atoms with Crippen molar-refractivity contribution >= 4 is 48.7 Å². The number of anilines is 3. The van der Waals surface area contributed by atoms with E-state index in [9.17, 15) is 0 Å². The second-order valence-electron chi connectivity index (χ2n) is 11.1. The van der Waals surface area contributed by atoms with Gasteiger partial charge in [-0.3, -0.25) is 9.88 Å². The fourth-order valence-corrected chi connectivity index (χ4v) is 7.28. The number of hydrogen-bond donors (Lipinski definition) is 0. The summed E-state index contributed by atoms with van der Waals surface area (Å²) in [7, 11) is 0. The summed E-state index contributed by atoms with van der Waals surface area (Å²) >= 11 is 1.84. The van der Waals surface area contributed by atoms with E-state index in [-0.39, 0.29) is 5.41 Å². The largest absolute Gasteiger partial charge is 0.457 e. The van der Waals surface area contributed by atoms with E-state index in [0.29, 0.717) is 0 Å². The number of pyridine rings is 2. The van der Waals surface area contributed by atoms with Gasteiger partial charge in [-0.2, -0.15) is 0 Å². The van der Waals surface area contributed by atoms with Crippen molar-refractivity contribution in [2.24, 2.45) is 0 Å². The Labute approximate surface area is 248 Å². The van der Waals surface area contributed by atoms with E-state index in [1.807, 2.05) is 72.3 Å². The standard InChI is InChI=1S/C37H27N3OS/c1-37(2)29-18-19-33-34(28-14-3-4-17-32(28)42-33)35(29)40(36-30(37)15-9-21-39-36)25-11-8-13-27(23-25)41-26-12-7-10-24(22-26)31-16-5-6-20-38-31/h3-23H,1-2H3. The number of ether oxygens (including phenoxy) is 1. The molecule has 4 nitrogen and oxygen atoms in total. The molecule has 0 saturated carbocycles. The van der Waals surface area contributed by atoms with Gasteiger partial charge in [-0.05, 0) is 60.2 Å². The van der Waals surface area contributed by atoms with E-state index in [1.165, 1.54) is 37.0 Å². The molecule has 42 heavy (non-hydrogen) atoms. The maximum absolute atomic E-state index is 6.46. The molecule has 0 aliphatic carbocycles. The average molecular weight is 562 g/mol. The number of nitrogens with zero attached hydrogens (tertiary/aromatic N) is 3. The van der Waals surface area contributed by atoms with Gasteiger partial charge in [-0.1, -0.05) is 68.4 Å². The average Bonchev–Trinajstić information content (AvgIpc) is 3.41. The first-order chi connectivity index (χ1) is 20.6. The van der Waals surface area contributed by atoms with Crippen molar-refractivity contribution in [2.45, 2.75) is 19.3 Å². The lowest BCUT2D eigenvalue weighted by atomic mass is 9.74. The number of benzene rings is 4. The smallest absolute Gasteiger partial charge is 0.141 e. The quantitative estimate of drug-likeness (QED) is 0.214. The molecule has 5 heteroatoms. The molecule has 0 spiro atoms. The minimum Gasteiger partial charge on any atom is -0.457 e. The predicted octanol–water partition coefficient (Wildman–Crippen LogP) is 10.4. The molecule has 3 aromatic heterocycles. The zero-order valence-corrected chi connectivity index (χ0v) is 24.1. The van der Waals surface area contributed by atoms with E-state index in [0.717, 1.165) is 34.3 Å². The summed E-state index contributed by atoms with van der Waals surface area (Å²) < 4.78 is 9.02. The highest BCUT2D eigenvalue weighted by Gasteiger charge is 2.39. The van der Waals surface area contributed by atoms with Gasteiger partial charge in [0.25, 0.3) is 0 Å². The first kappa shape index (κ1) is 24.8. The lowest BCUT2D eigenvalue weighted by Crippen LogP contribution is -2.31. The summed E-state index contributed by atoms with van der Waals surface area (Å²) in [6.07, 6.45) is 3.70. The molecule has 0 radical (unpaired) electrons. The minimum absolute atomic E-state index is 0.216. The van der Waals surface area contributed by atoms with Crippen LogP contribution < -0.4 is 9.64 Å². The van der Waals surface area contributed by atoms with Crippen molar-refractivity contribution in [3.8, 4) is 22.8 Å². The highest BCUT2D eigenvalue weighted by Crippen LogP contribution is 2.55. The summed E-state index contributed by atoms with van der Waals surface area (Å²) in [5.41, 5.74) is 6.40. The Morgan fingerprint density at radius 1 is 0.667 bits per heavy atom. The molecule has 4 heterocycles. The molecule has 0 N–H and O–H groups in total. The number of fused-ring (bicyclic) bond motifs is 6. The van der Waals surface area contributed by atoms with Gasteiger partial charge in [0.05, 0.1) is 17.1 Å². The monoisotopic (exact) mass is 561 g/mol. The topological polar surface area (TPSA) is 38.2 Å². The van der Waals surface area contributed by atoms with E-state index in [2.05, 4.69) is 90.5 Å². The molecule has 202 valence electrons. The Balaban J connectivity index is 1.30. The van der Waals surface area contributed by atoms with Crippen LogP contribution in [0.25, 0.3) is 31.4 Å². The molecule has 0 atom stereocenters. The van der Waals surface area contributed by atoms with Gasteiger partial charge in [-0.15, -0.1) is 11.3 Å². The summed E-state index contributed by atoms with van der Waals surface area (Å²) in [5.74, 6) is 2.48. The number of hydrogen-bond acceptors (Lipinski definition) is 5. The lowest BCUT2D eigenvalue weighted by Gasteiger charge is -2.41. The highest BCUT2D eigenvalue weighted by molar-refractivity contribution is 7.26. The van der Waals surface area contributed by atoms with Crippen molar-refractivity contribution in [1.82, 2.24) is 9.97 Å². The van der Waals surface area contributed by atoms with Crippen LogP contribution in [0.1, 0.15) is 25.0 Å². The Bertz CT molecular complexity index is 2120. The van der Waals surface area contributed by atoms with Crippen LogP contribution in [0.2, 0.25) is 0 Å². The molecule has 1 aliphatic heterocycles. The molecule has 7 aromatic rings. The molecular formula is C37H27N3OS. The second kappa shape index (κ2) is 9.54. The van der Waals surface area contributed by atoms with Crippen molar-refractivity contribution in [3.05, 3.63) is 139 Å². The number of rotatable bonds is 4. The highest BCUT2D eigenvalue weighted by atomic mass is 32.1. The van der Waals surface area contributed by atoms with Gasteiger partial charge in [0.2, 0.25) is 0 Å². The van der Waals surface area contributed by atoms with Crippen LogP contribution in [-0.4, -0.2) is 9.97 Å². The van der Waals surface area contributed by atoms with E-state index >= 15 is 0 Å². The number of aromatic nitrogens is 2. The van der Waals surface area contributed by atoms with Crippen LogP contribution in [0, 0.1) is 0 Å². The third kappa shape index (κ3) is 3.89. The maximum atomic E-state index is 6.46. The van der Waals surface area contributed by atoms with Gasteiger partial charge in [-0.25, -0.2) is 4.98 Å². The van der Waals surface area contributed by atoms with Gasteiger partial charge < -0.3 is 4.74 Å². The Morgan fingerprint density at radius 3 is 2.36 bits per heavy atom. The molecule has 0 bridgehead atoms. The first-order valence-corrected chi connectivity index (χ1v) is 14.9. The lowest BCUT2D eigenvalue weighted by molar-refractivity contribution is 0.483. The molecule has 0 amide bonds. The fraction of sp³-hybridized carbons (Fsp3) is 0.0811. The predicted molar refractivity (Wildman–Crippen MR) is 174 cm³/mol. The maximum Gasteiger partial charge on any atom is 0.141 e. The molecule has 1 aliphatic rings. The molecule has 0 unspecified atom stereocenters. The van der Waals surface area contributed by atoms with E-state index in [4.69, 9.17) is 9.72 Å². The summed E-state index contributed by atoms with van der Waals surface area (Å²) in [5, 5.41) is 2.54. The van der Waals surface area contributed by atoms with Crippen molar-refractivity contribution in [1.29, 1.82) is 0 Å². The van der Waals surface area contributed by atoms with Crippen LogP contribution in [0.15, 0.2) is 128 Å². The summed E-state index contributed by atoms with van der Waals surface area (Å²) in [4.78, 5) is 11.8. The van der Waals surface area contributed by atoms with Crippen LogP contribution in [0.5, 0.6) is 11.5 Å². The minimum atomic E-state index is -0.216. The van der Waals surface area contributed by atoms with Crippen LogP contribution in [-0.2, 0) is 5.41 Å². The van der Waals surface area contributed by atoms with Gasteiger partial charge in [0.15, 0.2) is 0 Å². The third-order valence-corrected chi connectivity index (χ3v) is 9.33. The zero-order chi connectivity index (χ0) is 28.3. The fourth-order valence-electron chi connectivity index (χ4n) is 6.18.